The molecule has 1 aromatic heterocycles. The zero-order valence-corrected chi connectivity index (χ0v) is 12.3. The number of hydrogen-bond donors (Lipinski definition) is 1. The average Bonchev–Trinajstić information content (AvgIpc) is 2.55. The summed E-state index contributed by atoms with van der Waals surface area (Å²) in [5.41, 5.74) is 6.23. The second kappa shape index (κ2) is 6.24. The summed E-state index contributed by atoms with van der Waals surface area (Å²) in [5, 5.41) is 3.25. The second-order valence-corrected chi connectivity index (χ2v) is 5.76. The van der Waals surface area contributed by atoms with Crippen LogP contribution in [0.4, 0.5) is 23.3 Å². The maximum absolute atomic E-state index is 11.4. The van der Waals surface area contributed by atoms with Crippen LogP contribution in [0, 0.1) is 4.91 Å². The average molecular weight is 290 g/mol. The molecule has 0 bridgehead atoms. The van der Waals surface area contributed by atoms with E-state index >= 15 is 0 Å². The third kappa shape index (κ3) is 2.91. The number of nitrogen functional groups attached to an aromatic ring is 1. The van der Waals surface area contributed by atoms with E-state index in [9.17, 15) is 4.91 Å². The summed E-state index contributed by atoms with van der Waals surface area (Å²) < 4.78 is 0. The van der Waals surface area contributed by atoms with Crippen molar-refractivity contribution in [2.45, 2.75) is 38.5 Å². The van der Waals surface area contributed by atoms with Gasteiger partial charge in [-0.25, -0.2) is 0 Å². The fraction of sp³-hybridized carbons (Fsp3) is 0.714. The lowest BCUT2D eigenvalue weighted by Gasteiger charge is -2.32. The van der Waals surface area contributed by atoms with Crippen molar-refractivity contribution in [1.82, 2.24) is 9.97 Å². The molecule has 21 heavy (non-hydrogen) atoms. The number of nitroso groups, excluding NO2 is 1. The summed E-state index contributed by atoms with van der Waals surface area (Å²) in [6.45, 7) is 3.60. The van der Waals surface area contributed by atoms with Crippen molar-refractivity contribution < 1.29 is 0 Å². The number of piperidine rings is 2. The van der Waals surface area contributed by atoms with Gasteiger partial charge >= 0.3 is 0 Å². The molecule has 7 heteroatoms. The van der Waals surface area contributed by atoms with Gasteiger partial charge in [0.1, 0.15) is 0 Å². The molecule has 3 rings (SSSR count). The van der Waals surface area contributed by atoms with Gasteiger partial charge in [-0.15, -0.1) is 4.91 Å². The van der Waals surface area contributed by atoms with Gasteiger partial charge in [-0.3, -0.25) is 0 Å². The zero-order chi connectivity index (χ0) is 14.7. The Morgan fingerprint density at radius 2 is 1.24 bits per heavy atom. The fourth-order valence-electron chi connectivity index (χ4n) is 3.18. The topological polar surface area (TPSA) is 87.7 Å². The molecule has 114 valence electrons. The number of aromatic nitrogens is 2. The van der Waals surface area contributed by atoms with Gasteiger partial charge in [0.2, 0.25) is 5.95 Å². The van der Waals surface area contributed by atoms with Gasteiger partial charge in [0.05, 0.1) is 0 Å². The van der Waals surface area contributed by atoms with Crippen LogP contribution in [0.5, 0.6) is 0 Å². The summed E-state index contributed by atoms with van der Waals surface area (Å²) in [7, 11) is 0. The first-order valence-electron chi connectivity index (χ1n) is 7.80. The molecule has 0 atom stereocenters. The molecule has 3 heterocycles. The van der Waals surface area contributed by atoms with Gasteiger partial charge < -0.3 is 15.5 Å². The van der Waals surface area contributed by atoms with E-state index in [1.54, 1.807) is 0 Å². The van der Waals surface area contributed by atoms with Crippen molar-refractivity contribution in [2.75, 3.05) is 41.7 Å². The SMILES string of the molecule is Nc1nc(N2CCCCC2)c(N=O)c(N2CCCCC2)n1. The first-order valence-corrected chi connectivity index (χ1v) is 7.80. The van der Waals surface area contributed by atoms with Crippen LogP contribution in [-0.2, 0) is 0 Å². The van der Waals surface area contributed by atoms with Crippen LogP contribution in [0.25, 0.3) is 0 Å². The minimum atomic E-state index is 0.226. The predicted molar refractivity (Wildman–Crippen MR) is 84.0 cm³/mol. The second-order valence-electron chi connectivity index (χ2n) is 5.76. The number of nitrogens with zero attached hydrogens (tertiary/aromatic N) is 5. The van der Waals surface area contributed by atoms with Crippen LogP contribution in [-0.4, -0.2) is 36.1 Å². The maximum atomic E-state index is 11.4. The van der Waals surface area contributed by atoms with Crippen LogP contribution < -0.4 is 15.5 Å². The summed E-state index contributed by atoms with van der Waals surface area (Å²) in [4.78, 5) is 24.2. The molecular weight excluding hydrogens is 268 g/mol. The molecular formula is C14H22N6O. The van der Waals surface area contributed by atoms with Gasteiger partial charge in [-0.2, -0.15) is 9.97 Å². The minimum absolute atomic E-state index is 0.226. The van der Waals surface area contributed by atoms with Crippen molar-refractivity contribution >= 4 is 23.3 Å². The van der Waals surface area contributed by atoms with Gasteiger partial charge in [-0.05, 0) is 43.7 Å². The Kier molecular flexibility index (Phi) is 4.17. The molecule has 0 amide bonds. The molecule has 0 aromatic carbocycles. The molecule has 7 nitrogen and oxygen atoms in total. The highest BCUT2D eigenvalue weighted by Gasteiger charge is 2.25. The summed E-state index contributed by atoms with van der Waals surface area (Å²) in [6, 6.07) is 0. The highest BCUT2D eigenvalue weighted by atomic mass is 16.3. The number of anilines is 3. The van der Waals surface area contributed by atoms with Crippen molar-refractivity contribution in [2.24, 2.45) is 5.18 Å². The quantitative estimate of drug-likeness (QED) is 0.860. The van der Waals surface area contributed by atoms with E-state index < -0.39 is 0 Å². The Bertz CT molecular complexity index is 469. The molecule has 0 aliphatic carbocycles. The zero-order valence-electron chi connectivity index (χ0n) is 12.3. The Hall–Kier alpha value is -1.92. The summed E-state index contributed by atoms with van der Waals surface area (Å²) in [6.07, 6.45) is 6.89. The van der Waals surface area contributed by atoms with Crippen LogP contribution in [0.1, 0.15) is 38.5 Å². The van der Waals surface area contributed by atoms with E-state index in [-0.39, 0.29) is 5.95 Å². The first kappa shape index (κ1) is 14.0. The van der Waals surface area contributed by atoms with Crippen molar-refractivity contribution in [3.8, 4) is 0 Å². The fourth-order valence-corrected chi connectivity index (χ4v) is 3.18. The lowest BCUT2D eigenvalue weighted by Crippen LogP contribution is -2.33. The van der Waals surface area contributed by atoms with E-state index in [0.717, 1.165) is 51.9 Å². The largest absolute Gasteiger partial charge is 0.368 e. The third-order valence-corrected chi connectivity index (χ3v) is 4.27. The highest BCUT2D eigenvalue weighted by molar-refractivity contribution is 5.77. The van der Waals surface area contributed by atoms with Crippen LogP contribution >= 0.6 is 0 Å². The van der Waals surface area contributed by atoms with Gasteiger partial charge in [0, 0.05) is 26.2 Å². The van der Waals surface area contributed by atoms with Gasteiger partial charge in [0.25, 0.3) is 0 Å². The monoisotopic (exact) mass is 290 g/mol. The van der Waals surface area contributed by atoms with E-state index in [1.165, 1.54) is 12.8 Å². The minimum Gasteiger partial charge on any atom is -0.368 e. The molecule has 2 N–H and O–H groups in total. The molecule has 0 radical (unpaired) electrons. The summed E-state index contributed by atoms with van der Waals surface area (Å²) >= 11 is 0. The van der Waals surface area contributed by atoms with Crippen LogP contribution in [0.15, 0.2) is 5.18 Å². The molecule has 0 spiro atoms. The van der Waals surface area contributed by atoms with Crippen molar-refractivity contribution in [3.05, 3.63) is 4.91 Å². The normalized spacial score (nSPS) is 19.6. The van der Waals surface area contributed by atoms with Crippen LogP contribution in [0.3, 0.4) is 0 Å². The Labute approximate surface area is 124 Å². The molecule has 2 saturated heterocycles. The molecule has 2 aliphatic heterocycles. The van der Waals surface area contributed by atoms with E-state index in [2.05, 4.69) is 24.9 Å². The number of rotatable bonds is 3. The summed E-state index contributed by atoms with van der Waals surface area (Å²) in [5.74, 6) is 1.44. The third-order valence-electron chi connectivity index (χ3n) is 4.27. The number of hydrogen-bond acceptors (Lipinski definition) is 7. The van der Waals surface area contributed by atoms with E-state index in [0.29, 0.717) is 17.3 Å². The smallest absolute Gasteiger partial charge is 0.224 e. The van der Waals surface area contributed by atoms with E-state index in [4.69, 9.17) is 5.73 Å². The van der Waals surface area contributed by atoms with Gasteiger partial charge in [0.15, 0.2) is 17.3 Å². The molecule has 0 unspecified atom stereocenters. The molecule has 2 fully saturated rings. The van der Waals surface area contributed by atoms with Crippen molar-refractivity contribution in [3.63, 3.8) is 0 Å². The van der Waals surface area contributed by atoms with Crippen molar-refractivity contribution in [1.29, 1.82) is 0 Å². The van der Waals surface area contributed by atoms with E-state index in [1.807, 2.05) is 0 Å². The Morgan fingerprint density at radius 3 is 1.62 bits per heavy atom. The molecule has 1 aromatic rings. The molecule has 0 saturated carbocycles. The van der Waals surface area contributed by atoms with Gasteiger partial charge in [-0.1, -0.05) is 0 Å². The Balaban J connectivity index is 1.98. The first-order chi connectivity index (χ1) is 10.3. The highest BCUT2D eigenvalue weighted by Crippen LogP contribution is 2.38. The number of nitrogens with two attached hydrogens (primary N) is 1. The maximum Gasteiger partial charge on any atom is 0.224 e. The standard InChI is InChI=1S/C14H22N6O/c15-14-16-12(19-7-3-1-4-8-19)11(18-21)13(17-14)20-9-5-2-6-10-20/h1-10H2,(H2,15,16,17). The predicted octanol–water partition coefficient (Wildman–Crippen LogP) is 2.44. The Morgan fingerprint density at radius 1 is 0.810 bits per heavy atom. The van der Waals surface area contributed by atoms with Crippen LogP contribution in [0.2, 0.25) is 0 Å². The lowest BCUT2D eigenvalue weighted by molar-refractivity contribution is 0.567. The lowest BCUT2D eigenvalue weighted by atomic mass is 10.1. The molecule has 2 aliphatic rings.